The van der Waals surface area contributed by atoms with Crippen LogP contribution >= 0.6 is 39.9 Å². The fourth-order valence-corrected chi connectivity index (χ4v) is 1.66. The maximum Gasteiger partial charge on any atom is 0.227 e. The van der Waals surface area contributed by atoms with E-state index in [0.717, 1.165) is 23.0 Å². The van der Waals surface area contributed by atoms with Crippen molar-refractivity contribution >= 4 is 51.5 Å². The van der Waals surface area contributed by atoms with E-state index in [1.165, 1.54) is 0 Å². The van der Waals surface area contributed by atoms with Gasteiger partial charge in [-0.25, -0.2) is 0 Å². The Hall–Kier alpha value is -0.250. The summed E-state index contributed by atoms with van der Waals surface area (Å²) >= 11 is 9.14. The van der Waals surface area contributed by atoms with Gasteiger partial charge in [-0.1, -0.05) is 11.6 Å². The van der Waals surface area contributed by atoms with Gasteiger partial charge in [0.15, 0.2) is 0 Å². The van der Waals surface area contributed by atoms with E-state index in [4.69, 9.17) is 11.6 Å². The molecule has 0 saturated heterocycles. The number of benzene rings is 1. The Labute approximate surface area is 108 Å². The zero-order valence-corrected chi connectivity index (χ0v) is 11.0. The van der Waals surface area contributed by atoms with E-state index < -0.39 is 0 Å². The lowest BCUT2D eigenvalue weighted by Gasteiger charge is -2.04. The minimum atomic E-state index is 0. The van der Waals surface area contributed by atoms with Crippen LogP contribution < -0.4 is 5.32 Å². The first-order valence-corrected chi connectivity index (χ1v) is 5.60. The molecule has 1 fully saturated rings. The molecule has 1 aliphatic carbocycles. The molecule has 1 aliphatic rings. The van der Waals surface area contributed by atoms with E-state index >= 15 is 0 Å². The molecule has 0 bridgehead atoms. The maximum atomic E-state index is 11.4. The van der Waals surface area contributed by atoms with Crippen LogP contribution in [0.25, 0.3) is 0 Å². The van der Waals surface area contributed by atoms with Crippen LogP contribution in [0.3, 0.4) is 0 Å². The summed E-state index contributed by atoms with van der Waals surface area (Å²) in [6, 6.07) is 5.37. The fourth-order valence-electron chi connectivity index (χ4n) is 1.16. The summed E-state index contributed by atoms with van der Waals surface area (Å²) < 4.78 is 0.799. The molecule has 0 heterocycles. The minimum absolute atomic E-state index is 0. The molecule has 2 rings (SSSR count). The third-order valence-electron chi connectivity index (χ3n) is 2.14. The highest BCUT2D eigenvalue weighted by Gasteiger charge is 2.29. The third kappa shape index (κ3) is 3.37. The zero-order valence-electron chi connectivity index (χ0n) is 7.80. The number of hydrogen-bond acceptors (Lipinski definition) is 1. The Kier molecular flexibility index (Phi) is 4.44. The van der Waals surface area contributed by atoms with Gasteiger partial charge in [0.1, 0.15) is 0 Å². The lowest BCUT2D eigenvalue weighted by molar-refractivity contribution is -0.117. The monoisotopic (exact) mass is 309 g/mol. The molecule has 1 N–H and O–H groups in total. The SMILES string of the molecule is Cl.O=C(Nc1ccc(Cl)c(Br)c1)C1CC1. The predicted octanol–water partition coefficient (Wildman–Crippen LogP) is 3.87. The van der Waals surface area contributed by atoms with E-state index in [0.29, 0.717) is 5.02 Å². The van der Waals surface area contributed by atoms with Crippen LogP contribution in [0.1, 0.15) is 12.8 Å². The molecule has 2 nitrogen and oxygen atoms in total. The molecular weight excluding hydrogens is 301 g/mol. The van der Waals surface area contributed by atoms with Gasteiger partial charge in [0.25, 0.3) is 0 Å². The second-order valence-electron chi connectivity index (χ2n) is 3.39. The molecule has 1 aromatic rings. The Morgan fingerprint density at radius 1 is 1.47 bits per heavy atom. The fraction of sp³-hybridized carbons (Fsp3) is 0.300. The summed E-state index contributed by atoms with van der Waals surface area (Å²) in [5.74, 6) is 0.337. The summed E-state index contributed by atoms with van der Waals surface area (Å²) in [6.45, 7) is 0. The quantitative estimate of drug-likeness (QED) is 0.882. The Morgan fingerprint density at radius 3 is 2.67 bits per heavy atom. The lowest BCUT2D eigenvalue weighted by atomic mass is 10.3. The Bertz CT molecular complexity index is 380. The first kappa shape index (κ1) is 12.8. The van der Waals surface area contributed by atoms with E-state index in [2.05, 4.69) is 21.2 Å². The predicted molar refractivity (Wildman–Crippen MR) is 67.8 cm³/mol. The molecule has 0 aromatic heterocycles. The molecular formula is C10H10BrCl2NO. The number of anilines is 1. The highest BCUT2D eigenvalue weighted by Crippen LogP contribution is 2.31. The third-order valence-corrected chi connectivity index (χ3v) is 3.35. The van der Waals surface area contributed by atoms with Crippen molar-refractivity contribution in [1.82, 2.24) is 0 Å². The molecule has 0 radical (unpaired) electrons. The maximum absolute atomic E-state index is 11.4. The van der Waals surface area contributed by atoms with Crippen LogP contribution in [0.5, 0.6) is 0 Å². The van der Waals surface area contributed by atoms with Crippen molar-refractivity contribution in [3.8, 4) is 0 Å². The van der Waals surface area contributed by atoms with Gasteiger partial charge < -0.3 is 5.32 Å². The molecule has 1 aromatic carbocycles. The summed E-state index contributed by atoms with van der Waals surface area (Å²) in [5, 5.41) is 3.49. The van der Waals surface area contributed by atoms with Crippen molar-refractivity contribution in [3.05, 3.63) is 27.7 Å². The van der Waals surface area contributed by atoms with Crippen LogP contribution in [0, 0.1) is 5.92 Å². The van der Waals surface area contributed by atoms with Gasteiger partial charge >= 0.3 is 0 Å². The number of carbonyl (C=O) groups is 1. The second kappa shape index (κ2) is 5.19. The normalized spacial score (nSPS) is 14.3. The van der Waals surface area contributed by atoms with E-state index in [1.54, 1.807) is 12.1 Å². The first-order valence-electron chi connectivity index (χ1n) is 4.43. The number of nitrogens with one attached hydrogen (secondary N) is 1. The van der Waals surface area contributed by atoms with Crippen molar-refractivity contribution in [2.45, 2.75) is 12.8 Å². The second-order valence-corrected chi connectivity index (χ2v) is 4.65. The number of amides is 1. The lowest BCUT2D eigenvalue weighted by Crippen LogP contribution is -2.13. The van der Waals surface area contributed by atoms with Crippen LogP contribution in [0.2, 0.25) is 5.02 Å². The molecule has 0 spiro atoms. The molecule has 0 atom stereocenters. The smallest absolute Gasteiger partial charge is 0.227 e. The standard InChI is InChI=1S/C10H9BrClNO.ClH/c11-8-5-7(3-4-9(8)12)13-10(14)6-1-2-6;/h3-6H,1-2H2,(H,13,14);1H. The Morgan fingerprint density at radius 2 is 2.13 bits per heavy atom. The van der Waals surface area contributed by atoms with Crippen molar-refractivity contribution in [3.63, 3.8) is 0 Å². The highest BCUT2D eigenvalue weighted by molar-refractivity contribution is 9.10. The molecule has 1 amide bonds. The highest BCUT2D eigenvalue weighted by atomic mass is 79.9. The van der Waals surface area contributed by atoms with Crippen LogP contribution in [0.4, 0.5) is 5.69 Å². The average Bonchev–Trinajstić information content (AvgIpc) is 2.94. The summed E-state index contributed by atoms with van der Waals surface area (Å²) in [7, 11) is 0. The minimum Gasteiger partial charge on any atom is -0.326 e. The van der Waals surface area contributed by atoms with E-state index in [-0.39, 0.29) is 24.2 Å². The molecule has 1 saturated carbocycles. The largest absolute Gasteiger partial charge is 0.326 e. The van der Waals surface area contributed by atoms with Gasteiger partial charge in [-0.3, -0.25) is 4.79 Å². The first-order chi connectivity index (χ1) is 6.66. The molecule has 82 valence electrons. The van der Waals surface area contributed by atoms with Gasteiger partial charge in [-0.2, -0.15) is 0 Å². The zero-order chi connectivity index (χ0) is 10.1. The number of rotatable bonds is 2. The van der Waals surface area contributed by atoms with Crippen LogP contribution in [0.15, 0.2) is 22.7 Å². The molecule has 5 heteroatoms. The summed E-state index contributed by atoms with van der Waals surface area (Å²) in [5.41, 5.74) is 0.790. The van der Waals surface area contributed by atoms with Crippen molar-refractivity contribution in [2.24, 2.45) is 5.92 Å². The van der Waals surface area contributed by atoms with E-state index in [9.17, 15) is 4.79 Å². The van der Waals surface area contributed by atoms with Crippen molar-refractivity contribution in [2.75, 3.05) is 5.32 Å². The van der Waals surface area contributed by atoms with Gasteiger partial charge in [-0.15, -0.1) is 12.4 Å². The number of hydrogen-bond donors (Lipinski definition) is 1. The Balaban J connectivity index is 0.00000112. The number of carbonyl (C=O) groups excluding carboxylic acids is 1. The molecule has 15 heavy (non-hydrogen) atoms. The molecule has 0 unspecified atom stereocenters. The summed E-state index contributed by atoms with van der Waals surface area (Å²) in [6.07, 6.45) is 2.03. The van der Waals surface area contributed by atoms with Gasteiger partial charge in [0.05, 0.1) is 5.02 Å². The van der Waals surface area contributed by atoms with Crippen molar-refractivity contribution < 1.29 is 4.79 Å². The topological polar surface area (TPSA) is 29.1 Å². The van der Waals surface area contributed by atoms with Gasteiger partial charge in [0, 0.05) is 16.1 Å². The van der Waals surface area contributed by atoms with Crippen LogP contribution in [-0.4, -0.2) is 5.91 Å². The van der Waals surface area contributed by atoms with Gasteiger partial charge in [0.2, 0.25) is 5.91 Å². The van der Waals surface area contributed by atoms with Crippen LogP contribution in [-0.2, 0) is 4.79 Å². The molecule has 0 aliphatic heterocycles. The van der Waals surface area contributed by atoms with E-state index in [1.807, 2.05) is 6.07 Å². The van der Waals surface area contributed by atoms with Crippen molar-refractivity contribution in [1.29, 1.82) is 0 Å². The average molecular weight is 311 g/mol. The summed E-state index contributed by atoms with van der Waals surface area (Å²) in [4.78, 5) is 11.4. The van der Waals surface area contributed by atoms with Gasteiger partial charge in [-0.05, 0) is 47.0 Å². The number of halogens is 3.